The Labute approximate surface area is 105 Å². The zero-order valence-corrected chi connectivity index (χ0v) is 11.4. The Bertz CT molecular complexity index is 269. The van der Waals surface area contributed by atoms with Gasteiger partial charge in [0, 0.05) is 12.6 Å². The van der Waals surface area contributed by atoms with E-state index in [4.69, 9.17) is 11.0 Å². The first kappa shape index (κ1) is 14.4. The van der Waals surface area contributed by atoms with Crippen LogP contribution in [0.2, 0.25) is 0 Å². The molecular formula is C13H26N4. The summed E-state index contributed by atoms with van der Waals surface area (Å²) in [5.74, 6) is 0. The van der Waals surface area contributed by atoms with Crippen molar-refractivity contribution in [2.45, 2.75) is 44.2 Å². The van der Waals surface area contributed by atoms with Crippen molar-refractivity contribution in [3.63, 3.8) is 0 Å². The van der Waals surface area contributed by atoms with Crippen LogP contribution in [0.25, 0.3) is 0 Å². The van der Waals surface area contributed by atoms with Gasteiger partial charge in [-0.2, -0.15) is 5.26 Å². The van der Waals surface area contributed by atoms with Gasteiger partial charge in [-0.25, -0.2) is 0 Å². The number of rotatable bonds is 6. The van der Waals surface area contributed by atoms with Crippen LogP contribution >= 0.6 is 0 Å². The quantitative estimate of drug-likeness (QED) is 0.751. The normalized spacial score (nSPS) is 24.8. The lowest BCUT2D eigenvalue weighted by atomic mass is 9.99. The van der Waals surface area contributed by atoms with Crippen molar-refractivity contribution in [1.29, 1.82) is 5.26 Å². The summed E-state index contributed by atoms with van der Waals surface area (Å²) in [6.45, 7) is 5.19. The Kier molecular flexibility index (Phi) is 5.38. The highest BCUT2D eigenvalue weighted by Gasteiger charge is 2.22. The zero-order chi connectivity index (χ0) is 12.9. The molecular weight excluding hydrogens is 212 g/mol. The SMILES string of the molecule is CN(CCCC(C)(N)C#N)CC1CCCN1C. The minimum atomic E-state index is -0.662. The molecule has 4 heteroatoms. The maximum absolute atomic E-state index is 8.83. The van der Waals surface area contributed by atoms with E-state index in [1.807, 2.05) is 0 Å². The van der Waals surface area contributed by atoms with Crippen molar-refractivity contribution in [1.82, 2.24) is 9.80 Å². The maximum Gasteiger partial charge on any atom is 0.101 e. The van der Waals surface area contributed by atoms with E-state index >= 15 is 0 Å². The van der Waals surface area contributed by atoms with Gasteiger partial charge in [0.15, 0.2) is 0 Å². The van der Waals surface area contributed by atoms with Crippen molar-refractivity contribution in [3.05, 3.63) is 0 Å². The second-order valence-electron chi connectivity index (χ2n) is 5.67. The first-order chi connectivity index (χ1) is 7.94. The highest BCUT2D eigenvalue weighted by Crippen LogP contribution is 2.16. The molecule has 2 atom stereocenters. The Morgan fingerprint density at radius 3 is 2.82 bits per heavy atom. The van der Waals surface area contributed by atoms with E-state index in [9.17, 15) is 0 Å². The minimum absolute atomic E-state index is 0.662. The van der Waals surface area contributed by atoms with E-state index in [-0.39, 0.29) is 0 Å². The van der Waals surface area contributed by atoms with Crippen LogP contribution in [0.15, 0.2) is 0 Å². The van der Waals surface area contributed by atoms with Crippen LogP contribution in [0, 0.1) is 11.3 Å². The molecule has 0 aromatic carbocycles. The molecule has 2 N–H and O–H groups in total. The van der Waals surface area contributed by atoms with Crippen LogP contribution in [-0.4, -0.2) is 55.1 Å². The number of hydrogen-bond donors (Lipinski definition) is 1. The lowest BCUT2D eigenvalue weighted by molar-refractivity contribution is 0.216. The van der Waals surface area contributed by atoms with Gasteiger partial charge in [-0.1, -0.05) is 0 Å². The average molecular weight is 238 g/mol. The molecule has 0 amide bonds. The zero-order valence-electron chi connectivity index (χ0n) is 11.4. The molecule has 1 fully saturated rings. The van der Waals surface area contributed by atoms with Crippen LogP contribution < -0.4 is 5.73 Å². The van der Waals surface area contributed by atoms with E-state index in [2.05, 4.69) is 30.0 Å². The Hall–Kier alpha value is -0.630. The third kappa shape index (κ3) is 5.03. The van der Waals surface area contributed by atoms with E-state index in [1.165, 1.54) is 19.4 Å². The standard InChI is InChI=1S/C13H26N4/c1-13(15,11-14)7-5-8-16(2)10-12-6-4-9-17(12)3/h12H,4-10,15H2,1-3H3. The van der Waals surface area contributed by atoms with Gasteiger partial charge in [-0.3, -0.25) is 0 Å². The van der Waals surface area contributed by atoms with Crippen LogP contribution in [0.1, 0.15) is 32.6 Å². The van der Waals surface area contributed by atoms with E-state index in [0.29, 0.717) is 6.04 Å². The van der Waals surface area contributed by atoms with E-state index < -0.39 is 5.54 Å². The lowest BCUT2D eigenvalue weighted by Gasteiger charge is -2.26. The first-order valence-corrected chi connectivity index (χ1v) is 6.53. The summed E-state index contributed by atoms with van der Waals surface area (Å²) >= 11 is 0. The van der Waals surface area contributed by atoms with Crippen molar-refractivity contribution in [2.24, 2.45) is 5.73 Å². The molecule has 0 spiro atoms. The fraction of sp³-hybridized carbons (Fsp3) is 0.923. The number of nitriles is 1. The predicted octanol–water partition coefficient (Wildman–Crippen LogP) is 1.03. The monoisotopic (exact) mass is 238 g/mol. The summed E-state index contributed by atoms with van der Waals surface area (Å²) in [6.07, 6.45) is 4.40. The number of nitrogens with zero attached hydrogens (tertiary/aromatic N) is 3. The first-order valence-electron chi connectivity index (χ1n) is 6.53. The van der Waals surface area contributed by atoms with Crippen molar-refractivity contribution < 1.29 is 0 Å². The average Bonchev–Trinajstić information content (AvgIpc) is 2.64. The van der Waals surface area contributed by atoms with Gasteiger partial charge < -0.3 is 15.5 Å². The molecule has 1 aliphatic rings. The molecule has 2 unspecified atom stereocenters. The smallest absolute Gasteiger partial charge is 0.101 e. The van der Waals surface area contributed by atoms with E-state index in [1.54, 1.807) is 6.92 Å². The predicted molar refractivity (Wildman–Crippen MR) is 70.6 cm³/mol. The number of likely N-dealkylation sites (tertiary alicyclic amines) is 1. The largest absolute Gasteiger partial charge is 0.314 e. The summed E-state index contributed by atoms with van der Waals surface area (Å²) < 4.78 is 0. The molecule has 0 saturated carbocycles. The summed E-state index contributed by atoms with van der Waals surface area (Å²) in [5.41, 5.74) is 5.14. The molecule has 1 aliphatic heterocycles. The minimum Gasteiger partial charge on any atom is -0.314 e. The third-order valence-electron chi connectivity index (χ3n) is 3.69. The fourth-order valence-electron chi connectivity index (χ4n) is 2.43. The number of nitrogens with two attached hydrogens (primary N) is 1. The van der Waals surface area contributed by atoms with Gasteiger partial charge in [-0.05, 0) is 59.8 Å². The Balaban J connectivity index is 2.17. The summed E-state index contributed by atoms with van der Waals surface area (Å²) in [4.78, 5) is 4.80. The Morgan fingerprint density at radius 2 is 2.29 bits per heavy atom. The van der Waals surface area contributed by atoms with Crippen LogP contribution in [0.4, 0.5) is 0 Å². The van der Waals surface area contributed by atoms with Crippen LogP contribution in [-0.2, 0) is 0 Å². The van der Waals surface area contributed by atoms with Gasteiger partial charge in [0.1, 0.15) is 5.54 Å². The maximum atomic E-state index is 8.83. The molecule has 0 bridgehead atoms. The van der Waals surface area contributed by atoms with Gasteiger partial charge in [0.2, 0.25) is 0 Å². The number of likely N-dealkylation sites (N-methyl/N-ethyl adjacent to an activating group) is 2. The molecule has 0 aromatic rings. The summed E-state index contributed by atoms with van der Waals surface area (Å²) in [5, 5.41) is 8.83. The third-order valence-corrected chi connectivity index (χ3v) is 3.69. The van der Waals surface area contributed by atoms with Gasteiger partial charge >= 0.3 is 0 Å². The van der Waals surface area contributed by atoms with Gasteiger partial charge in [-0.15, -0.1) is 0 Å². The highest BCUT2D eigenvalue weighted by atomic mass is 15.2. The molecule has 17 heavy (non-hydrogen) atoms. The van der Waals surface area contributed by atoms with E-state index in [0.717, 1.165) is 25.9 Å². The highest BCUT2D eigenvalue weighted by molar-refractivity contribution is 5.00. The topological polar surface area (TPSA) is 56.3 Å². The fourth-order valence-corrected chi connectivity index (χ4v) is 2.43. The van der Waals surface area contributed by atoms with Crippen molar-refractivity contribution >= 4 is 0 Å². The van der Waals surface area contributed by atoms with Crippen LogP contribution in [0.3, 0.4) is 0 Å². The molecule has 1 heterocycles. The molecule has 0 aliphatic carbocycles. The molecule has 4 nitrogen and oxygen atoms in total. The molecule has 98 valence electrons. The molecule has 0 aromatic heterocycles. The van der Waals surface area contributed by atoms with Gasteiger partial charge in [0.05, 0.1) is 6.07 Å². The summed E-state index contributed by atoms with van der Waals surface area (Å²) in [7, 11) is 4.37. The second-order valence-corrected chi connectivity index (χ2v) is 5.67. The molecule has 1 rings (SSSR count). The second kappa shape index (κ2) is 6.34. The molecule has 0 radical (unpaired) electrons. The van der Waals surface area contributed by atoms with Crippen molar-refractivity contribution in [3.8, 4) is 6.07 Å². The van der Waals surface area contributed by atoms with Gasteiger partial charge in [0.25, 0.3) is 0 Å². The van der Waals surface area contributed by atoms with Crippen molar-refractivity contribution in [2.75, 3.05) is 33.7 Å². The lowest BCUT2D eigenvalue weighted by Crippen LogP contribution is -2.38. The Morgan fingerprint density at radius 1 is 1.59 bits per heavy atom. The number of hydrogen-bond acceptors (Lipinski definition) is 4. The van der Waals surface area contributed by atoms with Crippen LogP contribution in [0.5, 0.6) is 0 Å². The molecule has 1 saturated heterocycles. The summed E-state index contributed by atoms with van der Waals surface area (Å²) in [6, 6.07) is 2.85.